The Balaban J connectivity index is 1.65. The average molecular weight is 510 g/mol. The number of carbonyl (C=O) groups excluding carboxylic acids is 1. The van der Waals surface area contributed by atoms with Gasteiger partial charge in [0.15, 0.2) is 10.6 Å². The number of benzene rings is 2. The lowest BCUT2D eigenvalue weighted by atomic mass is 10.2. The summed E-state index contributed by atoms with van der Waals surface area (Å²) in [5.41, 5.74) is 0.394. The largest absolute Gasteiger partial charge is 0.373 e. The standard InChI is InChI=1S/C23H25F2N3O4S2/c1-4-9-28-21-19(25)10-17(24)11-20(21)33-23(28)26-22(29)16-5-7-18(8-6-16)34(30,31)27-12-14(2)32-15(3)13-27/h5-8,10-11,14-15H,4,9,12-13H2,1-3H3. The zero-order chi connectivity index (χ0) is 24.6. The quantitative estimate of drug-likeness (QED) is 0.522. The maximum atomic E-state index is 14.4. The van der Waals surface area contributed by atoms with Crippen molar-refractivity contribution in [1.29, 1.82) is 0 Å². The molecule has 2 heterocycles. The number of ether oxygens (including phenoxy) is 1. The van der Waals surface area contributed by atoms with E-state index in [-0.39, 0.29) is 46.1 Å². The number of amides is 1. The number of aromatic nitrogens is 1. The van der Waals surface area contributed by atoms with Crippen LogP contribution < -0.4 is 4.80 Å². The number of halogens is 2. The highest BCUT2D eigenvalue weighted by molar-refractivity contribution is 7.89. The topological polar surface area (TPSA) is 81.0 Å². The molecule has 1 aliphatic rings. The van der Waals surface area contributed by atoms with E-state index in [0.29, 0.717) is 17.7 Å². The molecule has 0 radical (unpaired) electrons. The van der Waals surface area contributed by atoms with E-state index in [4.69, 9.17) is 4.74 Å². The first-order valence-corrected chi connectivity index (χ1v) is 13.2. The summed E-state index contributed by atoms with van der Waals surface area (Å²) in [6.07, 6.45) is 0.232. The molecule has 3 aromatic rings. The van der Waals surface area contributed by atoms with Gasteiger partial charge in [0.25, 0.3) is 5.91 Å². The van der Waals surface area contributed by atoms with Crippen LogP contribution in [-0.2, 0) is 21.3 Å². The first-order valence-electron chi connectivity index (χ1n) is 10.9. The van der Waals surface area contributed by atoms with Crippen LogP contribution >= 0.6 is 11.3 Å². The number of hydrogen-bond donors (Lipinski definition) is 0. The molecule has 1 fully saturated rings. The van der Waals surface area contributed by atoms with Gasteiger partial charge in [0.2, 0.25) is 10.0 Å². The molecule has 0 bridgehead atoms. The summed E-state index contributed by atoms with van der Waals surface area (Å²) in [7, 11) is -3.74. The van der Waals surface area contributed by atoms with Gasteiger partial charge in [-0.15, -0.1) is 0 Å². The Labute approximate surface area is 200 Å². The number of rotatable bonds is 5. The molecule has 0 N–H and O–H groups in total. The summed E-state index contributed by atoms with van der Waals surface area (Å²) in [6, 6.07) is 7.59. The van der Waals surface area contributed by atoms with Crippen molar-refractivity contribution in [3.05, 3.63) is 58.4 Å². The minimum atomic E-state index is -3.74. The number of morpholine rings is 1. The van der Waals surface area contributed by atoms with Gasteiger partial charge in [-0.25, -0.2) is 17.2 Å². The first kappa shape index (κ1) is 24.6. The molecule has 2 unspecified atom stereocenters. The Morgan fingerprint density at radius 1 is 1.15 bits per heavy atom. The second kappa shape index (κ2) is 9.65. The van der Waals surface area contributed by atoms with E-state index in [2.05, 4.69) is 4.99 Å². The monoisotopic (exact) mass is 509 g/mol. The zero-order valence-corrected chi connectivity index (χ0v) is 20.6. The van der Waals surface area contributed by atoms with Crippen molar-refractivity contribution in [1.82, 2.24) is 8.87 Å². The van der Waals surface area contributed by atoms with Gasteiger partial charge >= 0.3 is 0 Å². The SMILES string of the molecule is CCCn1c(=NC(=O)c2ccc(S(=O)(=O)N3CC(C)OC(C)C3)cc2)sc2cc(F)cc(F)c21. The first-order chi connectivity index (χ1) is 16.1. The molecule has 0 spiro atoms. The van der Waals surface area contributed by atoms with Crippen LogP contribution in [-0.4, -0.2) is 48.5 Å². The predicted molar refractivity (Wildman–Crippen MR) is 125 cm³/mol. The van der Waals surface area contributed by atoms with Crippen LogP contribution in [0.4, 0.5) is 8.78 Å². The van der Waals surface area contributed by atoms with E-state index in [1.165, 1.54) is 34.6 Å². The summed E-state index contributed by atoms with van der Waals surface area (Å²) < 4.78 is 63.0. The zero-order valence-electron chi connectivity index (χ0n) is 19.0. The lowest BCUT2D eigenvalue weighted by molar-refractivity contribution is -0.0440. The number of fused-ring (bicyclic) bond motifs is 1. The number of carbonyl (C=O) groups is 1. The van der Waals surface area contributed by atoms with Crippen LogP contribution in [0.2, 0.25) is 0 Å². The second-order valence-electron chi connectivity index (χ2n) is 8.29. The van der Waals surface area contributed by atoms with E-state index >= 15 is 0 Å². The van der Waals surface area contributed by atoms with Gasteiger partial charge < -0.3 is 9.30 Å². The highest BCUT2D eigenvalue weighted by Crippen LogP contribution is 2.24. The molecular weight excluding hydrogens is 484 g/mol. The number of hydrogen-bond acceptors (Lipinski definition) is 5. The highest BCUT2D eigenvalue weighted by Gasteiger charge is 2.32. The van der Waals surface area contributed by atoms with Crippen molar-refractivity contribution in [2.45, 2.75) is 50.8 Å². The molecule has 0 aliphatic carbocycles. The molecule has 0 saturated carbocycles. The smallest absolute Gasteiger partial charge is 0.279 e. The Morgan fingerprint density at radius 2 is 1.79 bits per heavy atom. The third kappa shape index (κ3) is 4.83. The van der Waals surface area contributed by atoms with E-state index < -0.39 is 27.6 Å². The summed E-state index contributed by atoms with van der Waals surface area (Å²) in [5.74, 6) is -2.02. The van der Waals surface area contributed by atoms with Crippen molar-refractivity contribution in [2.24, 2.45) is 4.99 Å². The van der Waals surface area contributed by atoms with E-state index in [1.54, 1.807) is 4.57 Å². The van der Waals surface area contributed by atoms with Gasteiger partial charge in [-0.05, 0) is 50.6 Å². The number of thiazole rings is 1. The third-order valence-corrected chi connectivity index (χ3v) is 8.34. The van der Waals surface area contributed by atoms with Crippen molar-refractivity contribution in [2.75, 3.05) is 13.1 Å². The van der Waals surface area contributed by atoms with Crippen molar-refractivity contribution in [3.8, 4) is 0 Å². The Morgan fingerprint density at radius 3 is 2.41 bits per heavy atom. The molecule has 34 heavy (non-hydrogen) atoms. The second-order valence-corrected chi connectivity index (χ2v) is 11.2. The summed E-state index contributed by atoms with van der Waals surface area (Å²) in [4.78, 5) is 17.3. The molecule has 11 heteroatoms. The lowest BCUT2D eigenvalue weighted by Crippen LogP contribution is -2.48. The van der Waals surface area contributed by atoms with Crippen LogP contribution in [0.5, 0.6) is 0 Å². The molecule has 2 aromatic carbocycles. The molecule has 2 atom stereocenters. The highest BCUT2D eigenvalue weighted by atomic mass is 32.2. The average Bonchev–Trinajstić information content (AvgIpc) is 3.10. The molecular formula is C23H25F2N3O4S2. The van der Waals surface area contributed by atoms with E-state index in [1.807, 2.05) is 20.8 Å². The lowest BCUT2D eigenvalue weighted by Gasteiger charge is -2.34. The summed E-state index contributed by atoms with van der Waals surface area (Å²) in [5, 5.41) is 0. The molecule has 4 rings (SSSR count). The Kier molecular flexibility index (Phi) is 6.99. The summed E-state index contributed by atoms with van der Waals surface area (Å²) in [6.45, 7) is 6.45. The van der Waals surface area contributed by atoms with Crippen LogP contribution in [0, 0.1) is 11.6 Å². The van der Waals surface area contributed by atoms with E-state index in [0.717, 1.165) is 17.4 Å². The van der Waals surface area contributed by atoms with Gasteiger partial charge in [0.05, 0.1) is 27.3 Å². The summed E-state index contributed by atoms with van der Waals surface area (Å²) >= 11 is 1.02. The van der Waals surface area contributed by atoms with Gasteiger partial charge in [0, 0.05) is 31.3 Å². The maximum Gasteiger partial charge on any atom is 0.279 e. The number of nitrogens with zero attached hydrogens (tertiary/aromatic N) is 3. The minimum absolute atomic E-state index is 0.0748. The fraction of sp³-hybridized carbons (Fsp3) is 0.391. The maximum absolute atomic E-state index is 14.4. The van der Waals surface area contributed by atoms with Crippen LogP contribution in [0.25, 0.3) is 10.2 Å². The van der Waals surface area contributed by atoms with Gasteiger partial charge in [-0.2, -0.15) is 9.30 Å². The number of sulfonamides is 1. The molecule has 1 aromatic heterocycles. The Bertz CT molecular complexity index is 1390. The van der Waals surface area contributed by atoms with Crippen LogP contribution in [0.1, 0.15) is 37.6 Å². The molecule has 7 nitrogen and oxygen atoms in total. The van der Waals surface area contributed by atoms with Crippen LogP contribution in [0.3, 0.4) is 0 Å². The molecule has 182 valence electrons. The van der Waals surface area contributed by atoms with Crippen molar-refractivity contribution < 1.29 is 26.7 Å². The molecule has 1 aliphatic heterocycles. The Hall–Kier alpha value is -2.47. The van der Waals surface area contributed by atoms with Gasteiger partial charge in [-0.3, -0.25) is 4.79 Å². The third-order valence-electron chi connectivity index (χ3n) is 5.46. The van der Waals surface area contributed by atoms with Crippen molar-refractivity contribution >= 4 is 37.5 Å². The minimum Gasteiger partial charge on any atom is -0.373 e. The normalized spacial score (nSPS) is 20.2. The van der Waals surface area contributed by atoms with Gasteiger partial charge in [-0.1, -0.05) is 18.3 Å². The van der Waals surface area contributed by atoms with Crippen LogP contribution in [0.15, 0.2) is 46.3 Å². The fourth-order valence-electron chi connectivity index (χ4n) is 4.04. The van der Waals surface area contributed by atoms with Crippen molar-refractivity contribution in [3.63, 3.8) is 0 Å². The molecule has 1 amide bonds. The number of aryl methyl sites for hydroxylation is 1. The predicted octanol–water partition coefficient (Wildman–Crippen LogP) is 3.93. The fourth-order valence-corrected chi connectivity index (χ4v) is 6.73. The molecule has 1 saturated heterocycles. The van der Waals surface area contributed by atoms with Gasteiger partial charge in [0.1, 0.15) is 5.82 Å². The van der Waals surface area contributed by atoms with E-state index in [9.17, 15) is 22.0 Å².